The number of hydrazine groups is 1. The number of nitrogens with two attached hydrogens (primary N) is 1. The van der Waals surface area contributed by atoms with E-state index in [1.165, 1.54) is 5.56 Å². The van der Waals surface area contributed by atoms with Crippen molar-refractivity contribution in [1.29, 1.82) is 0 Å². The summed E-state index contributed by atoms with van der Waals surface area (Å²) in [4.78, 5) is 0.845. The number of hydrogen-bond donors (Lipinski definition) is 3. The van der Waals surface area contributed by atoms with Gasteiger partial charge < -0.3 is 5.43 Å². The molecule has 2 nitrogen and oxygen atoms in total. The third kappa shape index (κ3) is 2.14. The number of rotatable bonds is 2. The molecule has 0 aliphatic heterocycles. The molecule has 0 saturated heterocycles. The summed E-state index contributed by atoms with van der Waals surface area (Å²) in [6, 6.07) is 16.1. The number of anilines is 1. The van der Waals surface area contributed by atoms with Crippen molar-refractivity contribution in [1.82, 2.24) is 0 Å². The predicted octanol–water partition coefficient (Wildman–Crippen LogP) is 2.93. The van der Waals surface area contributed by atoms with Crippen LogP contribution in [-0.2, 0) is 0 Å². The Labute approximate surface area is 94.5 Å². The Morgan fingerprint density at radius 2 is 1.67 bits per heavy atom. The molecule has 0 fully saturated rings. The lowest BCUT2D eigenvalue weighted by Gasteiger charge is -2.07. The van der Waals surface area contributed by atoms with Crippen LogP contribution in [0, 0.1) is 0 Å². The zero-order valence-electron chi connectivity index (χ0n) is 8.14. The van der Waals surface area contributed by atoms with Crippen LogP contribution in [0.3, 0.4) is 0 Å². The van der Waals surface area contributed by atoms with Gasteiger partial charge in [-0.05, 0) is 23.3 Å². The standard InChI is InChI=1S/C12H12N2S/c13-14-11-8-10(6-7-12(11)15)9-4-2-1-3-5-9/h1-8,14-15H,13H2. The Morgan fingerprint density at radius 1 is 0.933 bits per heavy atom. The van der Waals surface area contributed by atoms with Crippen LogP contribution in [0.5, 0.6) is 0 Å². The first kappa shape index (κ1) is 10.1. The Bertz CT molecular complexity index is 454. The van der Waals surface area contributed by atoms with Gasteiger partial charge in [-0.2, -0.15) is 0 Å². The molecule has 2 aromatic carbocycles. The molecule has 3 N–H and O–H groups in total. The summed E-state index contributed by atoms with van der Waals surface area (Å²) in [5.41, 5.74) is 5.76. The van der Waals surface area contributed by atoms with Crippen molar-refractivity contribution in [3.63, 3.8) is 0 Å². The van der Waals surface area contributed by atoms with Crippen LogP contribution in [0.1, 0.15) is 0 Å². The van der Waals surface area contributed by atoms with Crippen LogP contribution in [0.25, 0.3) is 11.1 Å². The van der Waals surface area contributed by atoms with Gasteiger partial charge in [0.05, 0.1) is 5.69 Å². The zero-order valence-corrected chi connectivity index (χ0v) is 9.04. The van der Waals surface area contributed by atoms with Crippen LogP contribution in [0.4, 0.5) is 5.69 Å². The van der Waals surface area contributed by atoms with Gasteiger partial charge in [-0.15, -0.1) is 12.6 Å². The number of hydrogen-bond acceptors (Lipinski definition) is 3. The molecule has 0 saturated carbocycles. The molecule has 0 radical (unpaired) electrons. The van der Waals surface area contributed by atoms with Crippen LogP contribution >= 0.6 is 12.6 Å². The fourth-order valence-electron chi connectivity index (χ4n) is 1.46. The Kier molecular flexibility index (Phi) is 2.94. The van der Waals surface area contributed by atoms with Crippen LogP contribution < -0.4 is 11.3 Å². The van der Waals surface area contributed by atoms with Crippen molar-refractivity contribution in [3.05, 3.63) is 48.5 Å². The molecule has 0 heterocycles. The van der Waals surface area contributed by atoms with Crippen molar-refractivity contribution in [2.24, 2.45) is 5.84 Å². The van der Waals surface area contributed by atoms with Gasteiger partial charge in [-0.3, -0.25) is 5.84 Å². The summed E-state index contributed by atoms with van der Waals surface area (Å²) >= 11 is 4.30. The molecule has 0 unspecified atom stereocenters. The third-order valence-corrected chi connectivity index (χ3v) is 2.65. The van der Waals surface area contributed by atoms with Gasteiger partial charge in [-0.1, -0.05) is 36.4 Å². The molecule has 0 atom stereocenters. The fourth-order valence-corrected chi connectivity index (χ4v) is 1.67. The van der Waals surface area contributed by atoms with E-state index in [0.717, 1.165) is 16.1 Å². The fraction of sp³-hybridized carbons (Fsp3) is 0. The second-order valence-corrected chi connectivity index (χ2v) is 3.72. The smallest absolute Gasteiger partial charge is 0.0624 e. The van der Waals surface area contributed by atoms with Gasteiger partial charge in [0.1, 0.15) is 0 Å². The van der Waals surface area contributed by atoms with Crippen LogP contribution in [0.15, 0.2) is 53.4 Å². The van der Waals surface area contributed by atoms with Crippen LogP contribution in [-0.4, -0.2) is 0 Å². The summed E-state index contributed by atoms with van der Waals surface area (Å²) in [7, 11) is 0. The quantitative estimate of drug-likeness (QED) is 0.410. The second-order valence-electron chi connectivity index (χ2n) is 3.24. The van der Waals surface area contributed by atoms with E-state index >= 15 is 0 Å². The first-order valence-electron chi connectivity index (χ1n) is 4.66. The number of thiol groups is 1. The lowest BCUT2D eigenvalue weighted by molar-refractivity contribution is 1.29. The van der Waals surface area contributed by atoms with Crippen molar-refractivity contribution in [3.8, 4) is 11.1 Å². The van der Waals surface area contributed by atoms with E-state index in [0.29, 0.717) is 0 Å². The molecule has 0 aliphatic carbocycles. The van der Waals surface area contributed by atoms with E-state index in [-0.39, 0.29) is 0 Å². The maximum absolute atomic E-state index is 5.40. The maximum atomic E-state index is 5.40. The van der Waals surface area contributed by atoms with Gasteiger partial charge in [0.2, 0.25) is 0 Å². The molecule has 15 heavy (non-hydrogen) atoms. The highest BCUT2D eigenvalue weighted by Crippen LogP contribution is 2.26. The van der Waals surface area contributed by atoms with E-state index in [4.69, 9.17) is 5.84 Å². The minimum absolute atomic E-state index is 0.833. The zero-order chi connectivity index (χ0) is 10.7. The first-order valence-corrected chi connectivity index (χ1v) is 5.11. The maximum Gasteiger partial charge on any atom is 0.0624 e. The summed E-state index contributed by atoms with van der Waals surface area (Å²) in [6.07, 6.45) is 0. The lowest BCUT2D eigenvalue weighted by Crippen LogP contribution is -2.07. The predicted molar refractivity (Wildman–Crippen MR) is 66.9 cm³/mol. The monoisotopic (exact) mass is 216 g/mol. The average molecular weight is 216 g/mol. The van der Waals surface area contributed by atoms with Gasteiger partial charge in [-0.25, -0.2) is 0 Å². The molecule has 3 heteroatoms. The van der Waals surface area contributed by atoms with E-state index in [1.807, 2.05) is 36.4 Å². The van der Waals surface area contributed by atoms with Gasteiger partial charge in [0.25, 0.3) is 0 Å². The minimum atomic E-state index is 0.833. The van der Waals surface area contributed by atoms with Gasteiger partial charge in [0.15, 0.2) is 0 Å². The molecule has 0 bridgehead atoms. The number of nitrogen functional groups attached to an aromatic ring is 1. The van der Waals surface area contributed by atoms with Crippen molar-refractivity contribution in [2.75, 3.05) is 5.43 Å². The summed E-state index contributed by atoms with van der Waals surface area (Å²) in [5.74, 6) is 5.40. The molecule has 0 amide bonds. The number of nitrogens with one attached hydrogen (secondary N) is 1. The highest BCUT2D eigenvalue weighted by molar-refractivity contribution is 7.80. The molecule has 0 aliphatic rings. The van der Waals surface area contributed by atoms with Gasteiger partial charge >= 0.3 is 0 Å². The van der Waals surface area contributed by atoms with E-state index in [9.17, 15) is 0 Å². The summed E-state index contributed by atoms with van der Waals surface area (Å²) in [5, 5.41) is 0. The highest BCUT2D eigenvalue weighted by Gasteiger charge is 2.00. The third-order valence-electron chi connectivity index (χ3n) is 2.26. The molecule has 76 valence electrons. The van der Waals surface area contributed by atoms with Crippen LogP contribution in [0.2, 0.25) is 0 Å². The van der Waals surface area contributed by atoms with Crippen molar-refractivity contribution < 1.29 is 0 Å². The Hall–Kier alpha value is -1.45. The van der Waals surface area contributed by atoms with E-state index in [2.05, 4.69) is 30.2 Å². The first-order chi connectivity index (χ1) is 7.31. The minimum Gasteiger partial charge on any atom is -0.323 e. The Balaban J connectivity index is 2.46. The molecule has 2 aromatic rings. The average Bonchev–Trinajstić information content (AvgIpc) is 2.31. The highest BCUT2D eigenvalue weighted by atomic mass is 32.1. The summed E-state index contributed by atoms with van der Waals surface area (Å²) in [6.45, 7) is 0. The normalized spacial score (nSPS) is 10.0. The van der Waals surface area contributed by atoms with Crippen molar-refractivity contribution in [2.45, 2.75) is 4.90 Å². The summed E-state index contributed by atoms with van der Waals surface area (Å²) < 4.78 is 0. The van der Waals surface area contributed by atoms with E-state index in [1.54, 1.807) is 0 Å². The van der Waals surface area contributed by atoms with E-state index < -0.39 is 0 Å². The molecule has 2 rings (SSSR count). The number of benzene rings is 2. The van der Waals surface area contributed by atoms with Crippen molar-refractivity contribution >= 4 is 18.3 Å². The second kappa shape index (κ2) is 4.38. The SMILES string of the molecule is NNc1cc(-c2ccccc2)ccc1S. The molecular formula is C12H12N2S. The topological polar surface area (TPSA) is 38.0 Å². The lowest BCUT2D eigenvalue weighted by atomic mass is 10.1. The molecule has 0 spiro atoms. The largest absolute Gasteiger partial charge is 0.323 e. The molecule has 0 aromatic heterocycles. The molecular weight excluding hydrogens is 204 g/mol. The van der Waals surface area contributed by atoms with Gasteiger partial charge in [0, 0.05) is 4.90 Å². The Morgan fingerprint density at radius 3 is 2.33 bits per heavy atom.